The van der Waals surface area contributed by atoms with Gasteiger partial charge in [-0.2, -0.15) is 11.3 Å². The van der Waals surface area contributed by atoms with Gasteiger partial charge in [0.1, 0.15) is 12.3 Å². The van der Waals surface area contributed by atoms with Crippen molar-refractivity contribution in [3.05, 3.63) is 70.1 Å². The van der Waals surface area contributed by atoms with Crippen molar-refractivity contribution in [3.8, 4) is 0 Å². The topological polar surface area (TPSA) is 102 Å². The zero-order valence-corrected chi connectivity index (χ0v) is 20.5. The summed E-state index contributed by atoms with van der Waals surface area (Å²) >= 11 is 1.42. The predicted octanol–water partition coefficient (Wildman–Crippen LogP) is 3.33. The van der Waals surface area contributed by atoms with E-state index in [4.69, 9.17) is 9.26 Å². The van der Waals surface area contributed by atoms with Crippen molar-refractivity contribution in [2.75, 3.05) is 31.5 Å². The Morgan fingerprint density at radius 2 is 2.00 bits per heavy atom. The fourth-order valence-corrected chi connectivity index (χ4v) is 6.08. The number of fused-ring (bicyclic) bond motifs is 3. The van der Waals surface area contributed by atoms with Crippen molar-refractivity contribution in [2.45, 2.75) is 37.9 Å². The van der Waals surface area contributed by atoms with Crippen LogP contribution in [0.1, 0.15) is 36.7 Å². The molecule has 2 bridgehead atoms. The standard InChI is InChI=1S/C26H29N3O5S/c1-2-21-14-23(28-34-21)27-24(30)16-29-11-8-18(9-12-29)22(15-29)33-25(31)26(32,20-10-13-35-17-20)19-6-4-3-5-7-19/h3-7,10,13-14,17-18,22,32H,2,8-9,11-12,15-16H2,1H3/p+1/t18?,22?,26-,29?/m1/s1. The fraction of sp³-hybridized carbons (Fsp3) is 0.423. The maximum atomic E-state index is 13.5. The number of aryl methyl sites for hydroxylation is 1. The molecule has 0 aliphatic carbocycles. The van der Waals surface area contributed by atoms with E-state index in [2.05, 4.69) is 10.5 Å². The number of thiophene rings is 1. The molecular weight excluding hydrogens is 466 g/mol. The first kappa shape index (κ1) is 23.7. The maximum absolute atomic E-state index is 13.5. The van der Waals surface area contributed by atoms with E-state index in [1.54, 1.807) is 41.8 Å². The highest BCUT2D eigenvalue weighted by Crippen LogP contribution is 2.38. The van der Waals surface area contributed by atoms with E-state index in [0.29, 0.717) is 34.4 Å². The Balaban J connectivity index is 1.30. The highest BCUT2D eigenvalue weighted by Gasteiger charge is 2.51. The van der Waals surface area contributed by atoms with Gasteiger partial charge in [0.15, 0.2) is 18.5 Å². The van der Waals surface area contributed by atoms with E-state index in [1.807, 2.05) is 18.4 Å². The van der Waals surface area contributed by atoms with Crippen LogP contribution < -0.4 is 5.32 Å². The van der Waals surface area contributed by atoms with Crippen LogP contribution in [0.25, 0.3) is 0 Å². The van der Waals surface area contributed by atoms with Gasteiger partial charge in [0.2, 0.25) is 5.60 Å². The minimum absolute atomic E-state index is 0.134. The number of anilines is 1. The number of quaternary nitrogens is 1. The summed E-state index contributed by atoms with van der Waals surface area (Å²) in [7, 11) is 0. The Hall–Kier alpha value is -3.01. The Morgan fingerprint density at radius 1 is 1.23 bits per heavy atom. The third-order valence-corrected chi connectivity index (χ3v) is 8.06. The zero-order valence-electron chi connectivity index (χ0n) is 19.7. The third kappa shape index (κ3) is 4.63. The smallest absolute Gasteiger partial charge is 0.348 e. The Morgan fingerprint density at radius 3 is 2.66 bits per heavy atom. The lowest BCUT2D eigenvalue weighted by Gasteiger charge is -2.51. The molecule has 3 aromatic rings. The molecule has 9 heteroatoms. The first-order chi connectivity index (χ1) is 16.9. The zero-order chi connectivity index (χ0) is 24.5. The molecule has 8 nitrogen and oxygen atoms in total. The monoisotopic (exact) mass is 496 g/mol. The van der Waals surface area contributed by atoms with Crippen molar-refractivity contribution in [1.29, 1.82) is 0 Å². The van der Waals surface area contributed by atoms with Gasteiger partial charge in [-0.1, -0.05) is 42.4 Å². The number of esters is 1. The molecule has 2 aromatic heterocycles. The molecule has 35 heavy (non-hydrogen) atoms. The van der Waals surface area contributed by atoms with Crippen LogP contribution in [0, 0.1) is 5.92 Å². The van der Waals surface area contributed by atoms with Crippen LogP contribution in [-0.4, -0.2) is 58.9 Å². The molecule has 3 fully saturated rings. The van der Waals surface area contributed by atoms with Crippen LogP contribution in [0.5, 0.6) is 0 Å². The Kier molecular flexibility index (Phi) is 6.48. The Bertz CT molecular complexity index is 1170. The fourth-order valence-electron chi connectivity index (χ4n) is 5.38. The van der Waals surface area contributed by atoms with Gasteiger partial charge in [0, 0.05) is 36.8 Å². The number of benzene rings is 1. The number of piperidine rings is 3. The summed E-state index contributed by atoms with van der Waals surface area (Å²) in [5.41, 5.74) is -0.895. The number of carbonyl (C=O) groups excluding carboxylic acids is 2. The molecule has 3 aliphatic rings. The average Bonchev–Trinajstić information content (AvgIpc) is 3.57. The number of hydrogen-bond donors (Lipinski definition) is 2. The Labute approximate surface area is 208 Å². The maximum Gasteiger partial charge on any atom is 0.348 e. The van der Waals surface area contributed by atoms with Crippen LogP contribution in [0.3, 0.4) is 0 Å². The molecule has 1 aromatic carbocycles. The van der Waals surface area contributed by atoms with Crippen molar-refractivity contribution in [3.63, 3.8) is 0 Å². The normalized spacial score (nSPS) is 25.1. The van der Waals surface area contributed by atoms with Crippen LogP contribution in [0.15, 0.2) is 57.7 Å². The summed E-state index contributed by atoms with van der Waals surface area (Å²) in [6, 6.07) is 12.4. The number of aromatic nitrogens is 1. The van der Waals surface area contributed by atoms with Crippen molar-refractivity contribution in [2.24, 2.45) is 5.92 Å². The van der Waals surface area contributed by atoms with Crippen LogP contribution in [0.2, 0.25) is 0 Å². The van der Waals surface area contributed by atoms with E-state index in [0.717, 1.165) is 31.7 Å². The highest BCUT2D eigenvalue weighted by molar-refractivity contribution is 7.08. The van der Waals surface area contributed by atoms with Crippen LogP contribution in [0.4, 0.5) is 5.82 Å². The van der Waals surface area contributed by atoms with Crippen LogP contribution >= 0.6 is 11.3 Å². The molecule has 0 radical (unpaired) electrons. The molecule has 2 N–H and O–H groups in total. The molecule has 1 unspecified atom stereocenters. The summed E-state index contributed by atoms with van der Waals surface area (Å²) in [6.07, 6.45) is 2.10. The molecule has 3 saturated heterocycles. The van der Waals surface area contributed by atoms with Gasteiger partial charge in [-0.25, -0.2) is 4.79 Å². The van der Waals surface area contributed by atoms with Crippen molar-refractivity contribution < 1.29 is 28.4 Å². The summed E-state index contributed by atoms with van der Waals surface area (Å²) in [4.78, 5) is 26.4. The number of hydrogen-bond acceptors (Lipinski definition) is 7. The molecule has 0 saturated carbocycles. The SMILES string of the molecule is CCc1cc(NC(=O)C[N+]23CCC(CC2)C(OC(=O)[C@@](O)(c2ccccc2)c2ccsc2)C3)no1. The molecule has 6 rings (SSSR count). The molecular formula is C26H30N3O5S+. The van der Waals surface area contributed by atoms with Gasteiger partial charge in [0.05, 0.1) is 13.1 Å². The second-order valence-corrected chi connectivity index (χ2v) is 10.4. The first-order valence-corrected chi connectivity index (χ1v) is 13.0. The lowest BCUT2D eigenvalue weighted by Crippen LogP contribution is -2.66. The predicted molar refractivity (Wildman–Crippen MR) is 131 cm³/mol. The number of nitrogens with zero attached hydrogens (tertiary/aromatic N) is 2. The van der Waals surface area contributed by atoms with Gasteiger partial charge in [-0.3, -0.25) is 4.79 Å². The molecule has 5 heterocycles. The average molecular weight is 497 g/mol. The first-order valence-electron chi connectivity index (χ1n) is 12.0. The van der Waals surface area contributed by atoms with Gasteiger partial charge in [0.25, 0.3) is 5.91 Å². The molecule has 184 valence electrons. The van der Waals surface area contributed by atoms with Crippen molar-refractivity contribution >= 4 is 29.0 Å². The number of carbonyl (C=O) groups is 2. The number of ether oxygens (including phenoxy) is 1. The van der Waals surface area contributed by atoms with Gasteiger partial charge in [-0.05, 0) is 22.4 Å². The third-order valence-electron chi connectivity index (χ3n) is 7.38. The summed E-state index contributed by atoms with van der Waals surface area (Å²) in [6.45, 7) is 4.51. The number of rotatable bonds is 8. The quantitative estimate of drug-likeness (QED) is 0.367. The molecule has 0 spiro atoms. The van der Waals surface area contributed by atoms with Gasteiger partial charge >= 0.3 is 5.97 Å². The summed E-state index contributed by atoms with van der Waals surface area (Å²) in [5.74, 6) is 0.564. The number of nitrogens with one attached hydrogen (secondary N) is 1. The second kappa shape index (κ2) is 9.56. The van der Waals surface area contributed by atoms with Crippen LogP contribution in [-0.2, 0) is 26.3 Å². The summed E-state index contributed by atoms with van der Waals surface area (Å²) < 4.78 is 11.8. The van der Waals surface area contributed by atoms with Gasteiger partial charge in [-0.15, -0.1) is 0 Å². The van der Waals surface area contributed by atoms with E-state index >= 15 is 0 Å². The van der Waals surface area contributed by atoms with Gasteiger partial charge < -0.3 is 24.2 Å². The molecule has 3 aliphatic heterocycles. The van der Waals surface area contributed by atoms with E-state index in [9.17, 15) is 14.7 Å². The minimum Gasteiger partial charge on any atom is -0.453 e. The highest BCUT2D eigenvalue weighted by atomic mass is 32.1. The molecule has 2 atom stereocenters. The number of amides is 1. The lowest BCUT2D eigenvalue weighted by molar-refractivity contribution is -0.939. The van der Waals surface area contributed by atoms with E-state index in [-0.39, 0.29) is 24.5 Å². The van der Waals surface area contributed by atoms with E-state index in [1.165, 1.54) is 11.3 Å². The number of aliphatic hydroxyl groups is 1. The van der Waals surface area contributed by atoms with E-state index < -0.39 is 11.6 Å². The molecule has 1 amide bonds. The minimum atomic E-state index is -1.88. The summed E-state index contributed by atoms with van der Waals surface area (Å²) in [5, 5.41) is 22.0. The largest absolute Gasteiger partial charge is 0.453 e. The second-order valence-electron chi connectivity index (χ2n) is 9.58. The van der Waals surface area contributed by atoms with Crippen molar-refractivity contribution in [1.82, 2.24) is 5.16 Å². The lowest BCUT2D eigenvalue weighted by atomic mass is 9.82.